The van der Waals surface area contributed by atoms with Crippen molar-refractivity contribution in [1.29, 1.82) is 0 Å². The van der Waals surface area contributed by atoms with Crippen molar-refractivity contribution >= 4 is 22.4 Å². The first-order valence-electron chi connectivity index (χ1n) is 6.83. The summed E-state index contributed by atoms with van der Waals surface area (Å²) in [5, 5.41) is 4.58. The number of rotatable bonds is 2. The predicted octanol–water partition coefficient (Wildman–Crippen LogP) is 4.60. The van der Waals surface area contributed by atoms with Gasteiger partial charge in [-0.15, -0.1) is 0 Å². The summed E-state index contributed by atoms with van der Waals surface area (Å²) in [5.74, 6) is 0.878. The van der Waals surface area contributed by atoms with E-state index in [1.165, 1.54) is 10.9 Å². The minimum absolute atomic E-state index is 0.128. The van der Waals surface area contributed by atoms with E-state index in [4.69, 9.17) is 0 Å². The summed E-state index contributed by atoms with van der Waals surface area (Å²) in [5.41, 5.74) is 3.57. The third kappa shape index (κ3) is 2.52. The van der Waals surface area contributed by atoms with Gasteiger partial charge in [0.2, 0.25) is 0 Å². The van der Waals surface area contributed by atoms with Crippen molar-refractivity contribution in [2.75, 3.05) is 5.32 Å². The SMILES string of the molecule is CC(C)(C)c1ccnc(Nc2ccc3cc[nH]c3c2)c1. The Bertz CT molecular complexity index is 735. The smallest absolute Gasteiger partial charge is 0.130 e. The Morgan fingerprint density at radius 3 is 2.70 bits per heavy atom. The van der Waals surface area contributed by atoms with Gasteiger partial charge in [-0.3, -0.25) is 0 Å². The molecule has 0 aliphatic rings. The van der Waals surface area contributed by atoms with Crippen LogP contribution in [0.1, 0.15) is 26.3 Å². The molecule has 0 amide bonds. The second-order valence-corrected chi connectivity index (χ2v) is 6.08. The Kier molecular flexibility index (Phi) is 2.97. The van der Waals surface area contributed by atoms with Crippen LogP contribution >= 0.6 is 0 Å². The Hall–Kier alpha value is -2.29. The molecule has 3 heteroatoms. The average Bonchev–Trinajstić information content (AvgIpc) is 2.85. The lowest BCUT2D eigenvalue weighted by atomic mass is 9.88. The highest BCUT2D eigenvalue weighted by Crippen LogP contribution is 2.25. The first-order chi connectivity index (χ1) is 9.52. The highest BCUT2D eigenvalue weighted by atomic mass is 15.0. The summed E-state index contributed by atoms with van der Waals surface area (Å²) >= 11 is 0. The molecule has 0 bridgehead atoms. The van der Waals surface area contributed by atoms with Gasteiger partial charge in [0, 0.05) is 23.6 Å². The number of hydrogen-bond acceptors (Lipinski definition) is 2. The fraction of sp³-hybridized carbons (Fsp3) is 0.235. The normalized spacial score (nSPS) is 11.8. The summed E-state index contributed by atoms with van der Waals surface area (Å²) in [7, 11) is 0. The first kappa shape index (κ1) is 12.7. The van der Waals surface area contributed by atoms with Crippen LogP contribution in [0, 0.1) is 0 Å². The lowest BCUT2D eigenvalue weighted by Gasteiger charge is -2.19. The number of H-pyrrole nitrogens is 1. The van der Waals surface area contributed by atoms with E-state index < -0.39 is 0 Å². The van der Waals surface area contributed by atoms with E-state index in [0.717, 1.165) is 17.0 Å². The second-order valence-electron chi connectivity index (χ2n) is 6.08. The molecule has 2 N–H and O–H groups in total. The fourth-order valence-corrected chi connectivity index (χ4v) is 2.24. The predicted molar refractivity (Wildman–Crippen MR) is 84.5 cm³/mol. The summed E-state index contributed by atoms with van der Waals surface area (Å²) < 4.78 is 0. The van der Waals surface area contributed by atoms with Crippen LogP contribution in [0.4, 0.5) is 11.5 Å². The quantitative estimate of drug-likeness (QED) is 0.710. The molecule has 2 aromatic heterocycles. The van der Waals surface area contributed by atoms with Crippen LogP contribution in [0.2, 0.25) is 0 Å². The maximum atomic E-state index is 4.39. The number of nitrogens with one attached hydrogen (secondary N) is 2. The third-order valence-electron chi connectivity index (χ3n) is 3.45. The summed E-state index contributed by atoms with van der Waals surface area (Å²) in [6.07, 6.45) is 3.81. The number of benzene rings is 1. The van der Waals surface area contributed by atoms with E-state index in [1.54, 1.807) is 0 Å². The molecule has 0 fully saturated rings. The number of pyridine rings is 1. The van der Waals surface area contributed by atoms with Crippen LogP contribution in [-0.2, 0) is 5.41 Å². The van der Waals surface area contributed by atoms with Gasteiger partial charge >= 0.3 is 0 Å². The van der Waals surface area contributed by atoms with Crippen molar-refractivity contribution < 1.29 is 0 Å². The number of nitrogens with zero attached hydrogens (tertiary/aromatic N) is 1. The fourth-order valence-electron chi connectivity index (χ4n) is 2.24. The Morgan fingerprint density at radius 2 is 1.90 bits per heavy atom. The van der Waals surface area contributed by atoms with Crippen molar-refractivity contribution in [1.82, 2.24) is 9.97 Å². The van der Waals surface area contributed by atoms with Gasteiger partial charge in [0.25, 0.3) is 0 Å². The third-order valence-corrected chi connectivity index (χ3v) is 3.45. The molecule has 20 heavy (non-hydrogen) atoms. The minimum atomic E-state index is 0.128. The van der Waals surface area contributed by atoms with E-state index in [9.17, 15) is 0 Å². The summed E-state index contributed by atoms with van der Waals surface area (Å²) in [4.78, 5) is 7.62. The lowest BCUT2D eigenvalue weighted by molar-refractivity contribution is 0.589. The van der Waals surface area contributed by atoms with Crippen molar-refractivity contribution in [3.05, 3.63) is 54.4 Å². The molecule has 0 spiro atoms. The van der Waals surface area contributed by atoms with E-state index in [0.29, 0.717) is 0 Å². The number of aromatic amines is 1. The zero-order valence-electron chi connectivity index (χ0n) is 12.1. The molecule has 102 valence electrons. The molecule has 0 unspecified atom stereocenters. The van der Waals surface area contributed by atoms with Crippen LogP contribution in [0.5, 0.6) is 0 Å². The maximum absolute atomic E-state index is 4.39. The van der Waals surface area contributed by atoms with Gasteiger partial charge in [-0.25, -0.2) is 4.98 Å². The average molecular weight is 265 g/mol. The molecule has 0 radical (unpaired) electrons. The molecule has 3 nitrogen and oxygen atoms in total. The number of hydrogen-bond donors (Lipinski definition) is 2. The molecule has 1 aromatic carbocycles. The van der Waals surface area contributed by atoms with Crippen molar-refractivity contribution in [2.24, 2.45) is 0 Å². The molecule has 0 saturated heterocycles. The van der Waals surface area contributed by atoms with Crippen LogP contribution in [0.15, 0.2) is 48.8 Å². The topological polar surface area (TPSA) is 40.7 Å². The zero-order chi connectivity index (χ0) is 14.2. The van der Waals surface area contributed by atoms with Crippen LogP contribution in [0.25, 0.3) is 10.9 Å². The van der Waals surface area contributed by atoms with Crippen molar-refractivity contribution in [3.63, 3.8) is 0 Å². The molecular weight excluding hydrogens is 246 g/mol. The molecule has 0 atom stereocenters. The van der Waals surface area contributed by atoms with Crippen LogP contribution in [0.3, 0.4) is 0 Å². The Labute approximate surface area is 119 Å². The molecule has 3 aromatic rings. The molecule has 0 aliphatic heterocycles. The van der Waals surface area contributed by atoms with E-state index in [2.05, 4.69) is 72.5 Å². The Morgan fingerprint density at radius 1 is 1.05 bits per heavy atom. The summed E-state index contributed by atoms with van der Waals surface area (Å²) in [6, 6.07) is 12.5. The highest BCUT2D eigenvalue weighted by molar-refractivity contribution is 5.83. The van der Waals surface area contributed by atoms with Crippen LogP contribution < -0.4 is 5.32 Å². The molecule has 2 heterocycles. The summed E-state index contributed by atoms with van der Waals surface area (Å²) in [6.45, 7) is 6.62. The van der Waals surface area contributed by atoms with E-state index >= 15 is 0 Å². The molecular formula is C17H19N3. The van der Waals surface area contributed by atoms with Gasteiger partial charge in [0.1, 0.15) is 5.82 Å². The molecule has 0 aliphatic carbocycles. The number of fused-ring (bicyclic) bond motifs is 1. The van der Waals surface area contributed by atoms with Gasteiger partial charge in [-0.05, 0) is 46.7 Å². The van der Waals surface area contributed by atoms with Gasteiger partial charge < -0.3 is 10.3 Å². The highest BCUT2D eigenvalue weighted by Gasteiger charge is 2.14. The second kappa shape index (κ2) is 4.67. The van der Waals surface area contributed by atoms with Crippen LogP contribution in [-0.4, -0.2) is 9.97 Å². The first-order valence-corrected chi connectivity index (χ1v) is 6.83. The van der Waals surface area contributed by atoms with Crippen molar-refractivity contribution in [2.45, 2.75) is 26.2 Å². The lowest BCUT2D eigenvalue weighted by Crippen LogP contribution is -2.11. The van der Waals surface area contributed by atoms with Gasteiger partial charge in [0.15, 0.2) is 0 Å². The van der Waals surface area contributed by atoms with Gasteiger partial charge in [0.05, 0.1) is 0 Å². The maximum Gasteiger partial charge on any atom is 0.130 e. The minimum Gasteiger partial charge on any atom is -0.361 e. The molecule has 3 rings (SSSR count). The monoisotopic (exact) mass is 265 g/mol. The van der Waals surface area contributed by atoms with Crippen molar-refractivity contribution in [3.8, 4) is 0 Å². The molecule has 0 saturated carbocycles. The number of anilines is 2. The van der Waals surface area contributed by atoms with E-state index in [-0.39, 0.29) is 5.41 Å². The number of aromatic nitrogens is 2. The Balaban J connectivity index is 1.90. The standard InChI is InChI=1S/C17H19N3/c1-17(2,3)13-7-9-19-16(10-13)20-14-5-4-12-6-8-18-15(12)11-14/h4-11,18H,1-3H3,(H,19,20). The van der Waals surface area contributed by atoms with E-state index in [1.807, 2.05) is 12.4 Å². The largest absolute Gasteiger partial charge is 0.361 e. The zero-order valence-corrected chi connectivity index (χ0v) is 12.1. The van der Waals surface area contributed by atoms with Gasteiger partial charge in [-0.2, -0.15) is 0 Å². The van der Waals surface area contributed by atoms with Gasteiger partial charge in [-0.1, -0.05) is 26.8 Å².